The van der Waals surface area contributed by atoms with Gasteiger partial charge in [-0.2, -0.15) is 0 Å². The summed E-state index contributed by atoms with van der Waals surface area (Å²) in [5.74, 6) is 0. The van der Waals surface area contributed by atoms with Crippen molar-refractivity contribution in [2.75, 3.05) is 25.0 Å². The standard InChI is InChI=1S/C16H20N4O2S/c1-2-20(10-14-4-3-9-22-14)16(21)17-13-7-5-12(6-8-13)15-11-23-19-18-15/h5-8,11,14H,2-4,9-10H2,1H3,(H,17,21). The summed E-state index contributed by atoms with van der Waals surface area (Å²) < 4.78 is 9.46. The zero-order chi connectivity index (χ0) is 16.1. The van der Waals surface area contributed by atoms with Crippen molar-refractivity contribution in [3.63, 3.8) is 0 Å². The van der Waals surface area contributed by atoms with Crippen molar-refractivity contribution in [3.8, 4) is 11.3 Å². The van der Waals surface area contributed by atoms with Gasteiger partial charge in [-0.05, 0) is 43.4 Å². The van der Waals surface area contributed by atoms with Crippen molar-refractivity contribution >= 4 is 23.3 Å². The Labute approximate surface area is 139 Å². The van der Waals surface area contributed by atoms with E-state index in [1.807, 2.05) is 36.6 Å². The van der Waals surface area contributed by atoms with Gasteiger partial charge in [-0.25, -0.2) is 4.79 Å². The van der Waals surface area contributed by atoms with Crippen molar-refractivity contribution in [1.82, 2.24) is 14.5 Å². The largest absolute Gasteiger partial charge is 0.376 e. The Morgan fingerprint density at radius 1 is 1.43 bits per heavy atom. The summed E-state index contributed by atoms with van der Waals surface area (Å²) >= 11 is 1.32. The summed E-state index contributed by atoms with van der Waals surface area (Å²) in [4.78, 5) is 14.2. The second-order valence-electron chi connectivity index (χ2n) is 5.47. The first-order valence-corrected chi connectivity index (χ1v) is 8.65. The minimum absolute atomic E-state index is 0.0916. The maximum Gasteiger partial charge on any atom is 0.321 e. The van der Waals surface area contributed by atoms with Gasteiger partial charge in [-0.15, -0.1) is 5.10 Å². The Balaban J connectivity index is 1.59. The smallest absolute Gasteiger partial charge is 0.321 e. The molecule has 1 aromatic carbocycles. The minimum Gasteiger partial charge on any atom is -0.376 e. The average Bonchev–Trinajstić information content (AvgIpc) is 3.27. The minimum atomic E-state index is -0.0916. The van der Waals surface area contributed by atoms with Crippen molar-refractivity contribution in [3.05, 3.63) is 29.6 Å². The Bertz CT molecular complexity index is 624. The molecule has 0 spiro atoms. The van der Waals surface area contributed by atoms with Crippen LogP contribution in [0, 0.1) is 0 Å². The molecule has 23 heavy (non-hydrogen) atoms. The molecule has 3 rings (SSSR count). The van der Waals surface area contributed by atoms with Gasteiger partial charge < -0.3 is 15.0 Å². The SMILES string of the molecule is CCN(CC1CCCO1)C(=O)Nc1ccc(-c2csnn2)cc1. The fraction of sp³-hybridized carbons (Fsp3) is 0.438. The number of hydrogen-bond acceptors (Lipinski definition) is 5. The molecule has 1 fully saturated rings. The lowest BCUT2D eigenvalue weighted by molar-refractivity contribution is 0.0849. The van der Waals surface area contributed by atoms with Crippen LogP contribution < -0.4 is 5.32 Å². The molecule has 1 N–H and O–H groups in total. The molecule has 2 amide bonds. The molecular weight excluding hydrogens is 312 g/mol. The number of carbonyl (C=O) groups excluding carboxylic acids is 1. The van der Waals surface area contributed by atoms with Crippen LogP contribution in [-0.4, -0.2) is 46.3 Å². The third-order valence-electron chi connectivity index (χ3n) is 3.91. The molecule has 1 unspecified atom stereocenters. The van der Waals surface area contributed by atoms with Crippen LogP contribution in [0.1, 0.15) is 19.8 Å². The number of nitrogens with zero attached hydrogens (tertiary/aromatic N) is 3. The first-order valence-electron chi connectivity index (χ1n) is 7.81. The lowest BCUT2D eigenvalue weighted by Crippen LogP contribution is -2.39. The third-order valence-corrected chi connectivity index (χ3v) is 4.41. The summed E-state index contributed by atoms with van der Waals surface area (Å²) in [6.45, 7) is 4.09. The Morgan fingerprint density at radius 3 is 2.87 bits per heavy atom. The number of urea groups is 1. The number of aromatic nitrogens is 2. The Morgan fingerprint density at radius 2 is 2.26 bits per heavy atom. The van der Waals surface area contributed by atoms with Gasteiger partial charge in [-0.3, -0.25) is 0 Å². The van der Waals surface area contributed by atoms with E-state index in [-0.39, 0.29) is 12.1 Å². The first kappa shape index (κ1) is 15.9. The predicted octanol–water partition coefficient (Wildman–Crippen LogP) is 3.24. The number of ether oxygens (including phenoxy) is 1. The molecule has 1 aliphatic rings. The molecule has 1 aromatic heterocycles. The van der Waals surface area contributed by atoms with E-state index in [0.29, 0.717) is 13.1 Å². The molecule has 0 saturated carbocycles. The number of hydrogen-bond donors (Lipinski definition) is 1. The zero-order valence-corrected chi connectivity index (χ0v) is 13.9. The average molecular weight is 332 g/mol. The number of rotatable bonds is 5. The molecule has 2 heterocycles. The summed E-state index contributed by atoms with van der Waals surface area (Å²) in [5.41, 5.74) is 2.61. The fourth-order valence-electron chi connectivity index (χ4n) is 2.61. The molecular formula is C16H20N4O2S. The van der Waals surface area contributed by atoms with E-state index in [2.05, 4.69) is 14.9 Å². The van der Waals surface area contributed by atoms with Crippen molar-refractivity contribution in [1.29, 1.82) is 0 Å². The van der Waals surface area contributed by atoms with Crippen LogP contribution in [0.25, 0.3) is 11.3 Å². The van der Waals surface area contributed by atoms with Crippen molar-refractivity contribution in [2.24, 2.45) is 0 Å². The predicted molar refractivity (Wildman–Crippen MR) is 90.6 cm³/mol. The van der Waals surface area contributed by atoms with Crippen LogP contribution in [0.15, 0.2) is 29.6 Å². The Kier molecular flexibility index (Phi) is 5.19. The van der Waals surface area contributed by atoms with Crippen LogP contribution >= 0.6 is 11.5 Å². The van der Waals surface area contributed by atoms with E-state index in [0.717, 1.165) is 36.4 Å². The highest BCUT2D eigenvalue weighted by Gasteiger charge is 2.21. The summed E-state index contributed by atoms with van der Waals surface area (Å²) in [5, 5.41) is 8.87. The molecule has 7 heteroatoms. The molecule has 1 atom stereocenters. The highest BCUT2D eigenvalue weighted by Crippen LogP contribution is 2.20. The van der Waals surface area contributed by atoms with Crippen LogP contribution in [0.3, 0.4) is 0 Å². The molecule has 0 radical (unpaired) electrons. The van der Waals surface area contributed by atoms with Gasteiger partial charge in [0.15, 0.2) is 0 Å². The quantitative estimate of drug-likeness (QED) is 0.913. The number of benzene rings is 1. The molecule has 1 aliphatic heterocycles. The van der Waals surface area contributed by atoms with Gasteiger partial charge in [0.05, 0.1) is 6.10 Å². The first-order chi connectivity index (χ1) is 11.3. The van der Waals surface area contributed by atoms with Gasteiger partial charge >= 0.3 is 6.03 Å². The number of amides is 2. The van der Waals surface area contributed by atoms with Gasteiger partial charge in [0.1, 0.15) is 5.69 Å². The van der Waals surface area contributed by atoms with E-state index in [1.165, 1.54) is 11.5 Å². The molecule has 2 aromatic rings. The van der Waals surface area contributed by atoms with E-state index < -0.39 is 0 Å². The topological polar surface area (TPSA) is 67.3 Å². The van der Waals surface area contributed by atoms with E-state index in [9.17, 15) is 4.79 Å². The molecule has 0 aliphatic carbocycles. The van der Waals surface area contributed by atoms with Gasteiger partial charge in [0.25, 0.3) is 0 Å². The summed E-state index contributed by atoms with van der Waals surface area (Å²) in [6, 6.07) is 7.54. The number of likely N-dealkylation sites (N-methyl/N-ethyl adjacent to an activating group) is 1. The van der Waals surface area contributed by atoms with Gasteiger partial charge in [0, 0.05) is 36.3 Å². The van der Waals surface area contributed by atoms with Crippen molar-refractivity contribution in [2.45, 2.75) is 25.9 Å². The third kappa shape index (κ3) is 4.05. The normalized spacial score (nSPS) is 17.2. The Hall–Kier alpha value is -1.99. The van der Waals surface area contributed by atoms with Crippen LogP contribution in [0.5, 0.6) is 0 Å². The second kappa shape index (κ2) is 7.52. The summed E-state index contributed by atoms with van der Waals surface area (Å²) in [6.07, 6.45) is 2.27. The lowest BCUT2D eigenvalue weighted by atomic mass is 10.1. The highest BCUT2D eigenvalue weighted by molar-refractivity contribution is 7.03. The van der Waals surface area contributed by atoms with Crippen LogP contribution in [0.2, 0.25) is 0 Å². The molecule has 6 nitrogen and oxygen atoms in total. The molecule has 0 bridgehead atoms. The molecule has 1 saturated heterocycles. The van der Waals surface area contributed by atoms with E-state index >= 15 is 0 Å². The van der Waals surface area contributed by atoms with E-state index in [1.54, 1.807) is 4.90 Å². The number of anilines is 1. The molecule has 122 valence electrons. The number of carbonyl (C=O) groups is 1. The second-order valence-corrected chi connectivity index (χ2v) is 6.08. The van der Waals surface area contributed by atoms with E-state index in [4.69, 9.17) is 4.74 Å². The van der Waals surface area contributed by atoms with Crippen LogP contribution in [0.4, 0.5) is 10.5 Å². The fourth-order valence-corrected chi connectivity index (χ4v) is 3.07. The maximum atomic E-state index is 12.4. The van der Waals surface area contributed by atoms with Crippen LogP contribution in [-0.2, 0) is 4.74 Å². The number of nitrogens with one attached hydrogen (secondary N) is 1. The van der Waals surface area contributed by atoms with Crippen molar-refractivity contribution < 1.29 is 9.53 Å². The monoisotopic (exact) mass is 332 g/mol. The highest BCUT2D eigenvalue weighted by atomic mass is 32.1. The summed E-state index contributed by atoms with van der Waals surface area (Å²) in [7, 11) is 0. The zero-order valence-electron chi connectivity index (χ0n) is 13.1. The van der Waals surface area contributed by atoms with Gasteiger partial charge in [-0.1, -0.05) is 16.6 Å². The maximum absolute atomic E-state index is 12.4. The lowest BCUT2D eigenvalue weighted by Gasteiger charge is -2.24. The van der Waals surface area contributed by atoms with Gasteiger partial charge in [0.2, 0.25) is 0 Å².